The maximum atomic E-state index is 11.8. The van der Waals surface area contributed by atoms with Gasteiger partial charge in [-0.3, -0.25) is 4.79 Å². The summed E-state index contributed by atoms with van der Waals surface area (Å²) in [5.41, 5.74) is 1.31. The van der Waals surface area contributed by atoms with Gasteiger partial charge in [0.05, 0.1) is 5.41 Å². The number of phenols is 1. The van der Waals surface area contributed by atoms with Gasteiger partial charge in [-0.2, -0.15) is 0 Å². The van der Waals surface area contributed by atoms with Crippen molar-refractivity contribution in [2.45, 2.75) is 71.6 Å². The van der Waals surface area contributed by atoms with E-state index in [0.717, 1.165) is 16.7 Å². The van der Waals surface area contributed by atoms with Crippen LogP contribution in [0.3, 0.4) is 0 Å². The first kappa shape index (κ1) is 18.0. The first-order chi connectivity index (χ1) is 9.19. The molecule has 1 rings (SSSR count). The molecule has 0 atom stereocenters. The van der Waals surface area contributed by atoms with Gasteiger partial charge in [-0.25, -0.2) is 0 Å². The van der Waals surface area contributed by atoms with Crippen molar-refractivity contribution in [2.24, 2.45) is 0 Å². The molecule has 0 fully saturated rings. The van der Waals surface area contributed by atoms with Crippen molar-refractivity contribution in [1.82, 2.24) is 0 Å². The van der Waals surface area contributed by atoms with Crippen molar-refractivity contribution in [2.75, 3.05) is 0 Å². The van der Waals surface area contributed by atoms with E-state index in [4.69, 9.17) is 11.6 Å². The summed E-state index contributed by atoms with van der Waals surface area (Å²) in [6.45, 7) is 15.9. The van der Waals surface area contributed by atoms with Crippen LogP contribution in [0.4, 0.5) is 0 Å². The average molecular weight is 311 g/mol. The SMILES string of the molecule is CC(C)(C)c1cc(C(C)(C)C(=O)Cl)cc(C(C)(C)C)c1O. The maximum Gasteiger partial charge on any atom is 0.231 e. The van der Waals surface area contributed by atoms with E-state index in [1.165, 1.54) is 0 Å². The summed E-state index contributed by atoms with van der Waals surface area (Å²) in [4.78, 5) is 11.8. The highest BCUT2D eigenvalue weighted by atomic mass is 35.5. The summed E-state index contributed by atoms with van der Waals surface area (Å²) in [5.74, 6) is 0.316. The Labute approximate surface area is 133 Å². The second-order valence-electron chi connectivity index (χ2n) is 8.32. The molecule has 0 heterocycles. The average Bonchev–Trinajstić information content (AvgIpc) is 2.25. The fraction of sp³-hybridized carbons (Fsp3) is 0.611. The van der Waals surface area contributed by atoms with Crippen LogP contribution in [-0.2, 0) is 21.0 Å². The molecule has 0 saturated heterocycles. The Morgan fingerprint density at radius 2 is 1.24 bits per heavy atom. The molecule has 21 heavy (non-hydrogen) atoms. The molecule has 0 saturated carbocycles. The van der Waals surface area contributed by atoms with E-state index in [1.807, 2.05) is 67.5 Å². The predicted octanol–water partition coefficient (Wildman–Crippen LogP) is 5.03. The van der Waals surface area contributed by atoms with Gasteiger partial charge in [0.15, 0.2) is 0 Å². The van der Waals surface area contributed by atoms with Gasteiger partial charge < -0.3 is 5.11 Å². The number of hydrogen-bond donors (Lipinski definition) is 1. The number of aromatic hydroxyl groups is 1. The van der Waals surface area contributed by atoms with E-state index in [1.54, 1.807) is 0 Å². The summed E-state index contributed by atoms with van der Waals surface area (Å²) in [7, 11) is 0. The standard InChI is InChI=1S/C18H27ClO2/c1-16(2,3)12-9-11(18(7,8)15(19)21)10-13(14(12)20)17(4,5)6/h9-10,20H,1-8H3. The van der Waals surface area contributed by atoms with Crippen molar-refractivity contribution in [3.05, 3.63) is 28.8 Å². The molecule has 0 unspecified atom stereocenters. The molecular weight excluding hydrogens is 284 g/mol. The van der Waals surface area contributed by atoms with Crippen LogP contribution in [0.15, 0.2) is 12.1 Å². The van der Waals surface area contributed by atoms with Crippen molar-refractivity contribution >= 4 is 16.8 Å². The van der Waals surface area contributed by atoms with Crippen molar-refractivity contribution in [3.63, 3.8) is 0 Å². The highest BCUT2D eigenvalue weighted by Crippen LogP contribution is 2.42. The lowest BCUT2D eigenvalue weighted by Crippen LogP contribution is -2.27. The molecule has 0 amide bonds. The van der Waals surface area contributed by atoms with Crippen molar-refractivity contribution < 1.29 is 9.90 Å². The molecule has 1 N–H and O–H groups in total. The summed E-state index contributed by atoms with van der Waals surface area (Å²) in [6, 6.07) is 3.82. The largest absolute Gasteiger partial charge is 0.507 e. The summed E-state index contributed by atoms with van der Waals surface area (Å²) in [5, 5.41) is 10.3. The van der Waals surface area contributed by atoms with Crippen LogP contribution in [0.1, 0.15) is 72.1 Å². The minimum atomic E-state index is -0.782. The zero-order valence-electron chi connectivity index (χ0n) is 14.4. The maximum absolute atomic E-state index is 11.8. The van der Waals surface area contributed by atoms with Crippen molar-refractivity contribution in [1.29, 1.82) is 0 Å². The Morgan fingerprint density at radius 1 is 0.905 bits per heavy atom. The third-order valence-corrected chi connectivity index (χ3v) is 4.41. The zero-order valence-corrected chi connectivity index (χ0v) is 15.1. The number of halogens is 1. The highest BCUT2D eigenvalue weighted by Gasteiger charge is 2.33. The second-order valence-corrected chi connectivity index (χ2v) is 8.66. The highest BCUT2D eigenvalue weighted by molar-refractivity contribution is 6.65. The molecule has 0 aliphatic rings. The minimum Gasteiger partial charge on any atom is -0.507 e. The van der Waals surface area contributed by atoms with Gasteiger partial charge in [-0.05, 0) is 53.0 Å². The smallest absolute Gasteiger partial charge is 0.231 e. The lowest BCUT2D eigenvalue weighted by Gasteiger charge is -2.31. The monoisotopic (exact) mass is 310 g/mol. The van der Waals surface area contributed by atoms with Crippen LogP contribution >= 0.6 is 11.6 Å². The Bertz CT molecular complexity index is 523. The molecule has 1 aromatic carbocycles. The number of carbonyl (C=O) groups excluding carboxylic acids is 1. The Morgan fingerprint density at radius 3 is 1.48 bits per heavy atom. The number of phenolic OH excluding ortho intramolecular Hbond substituents is 1. The second kappa shape index (κ2) is 5.31. The number of benzene rings is 1. The summed E-state index contributed by atoms with van der Waals surface area (Å²) in [6.07, 6.45) is 0. The fourth-order valence-corrected chi connectivity index (χ4v) is 2.36. The fourth-order valence-electron chi connectivity index (χ4n) is 2.25. The summed E-state index contributed by atoms with van der Waals surface area (Å²) < 4.78 is 0. The van der Waals surface area contributed by atoms with E-state index in [9.17, 15) is 9.90 Å². The van der Waals surface area contributed by atoms with Gasteiger partial charge in [0.2, 0.25) is 5.24 Å². The predicted molar refractivity (Wildman–Crippen MR) is 89.4 cm³/mol. The topological polar surface area (TPSA) is 37.3 Å². The Kier molecular flexibility index (Phi) is 4.56. The third-order valence-electron chi connectivity index (χ3n) is 3.94. The molecule has 0 bridgehead atoms. The normalized spacial score (nSPS) is 13.4. The van der Waals surface area contributed by atoms with Crippen LogP contribution in [0.5, 0.6) is 5.75 Å². The molecule has 3 heteroatoms. The van der Waals surface area contributed by atoms with E-state index in [2.05, 4.69) is 0 Å². The minimum absolute atomic E-state index is 0.217. The van der Waals surface area contributed by atoms with E-state index < -0.39 is 10.7 Å². The molecule has 0 spiro atoms. The molecular formula is C18H27ClO2. The Balaban J connectivity index is 3.75. The lowest BCUT2D eigenvalue weighted by molar-refractivity contribution is -0.115. The first-order valence-corrected chi connectivity index (χ1v) is 7.65. The molecule has 0 aliphatic carbocycles. The molecule has 0 aromatic heterocycles. The number of carbonyl (C=O) groups is 1. The quantitative estimate of drug-likeness (QED) is 0.778. The third kappa shape index (κ3) is 3.60. The number of rotatable bonds is 2. The van der Waals surface area contributed by atoms with Gasteiger partial charge in [-0.1, -0.05) is 53.7 Å². The number of hydrogen-bond acceptors (Lipinski definition) is 2. The first-order valence-electron chi connectivity index (χ1n) is 7.27. The van der Waals surface area contributed by atoms with Crippen molar-refractivity contribution in [3.8, 4) is 5.75 Å². The van der Waals surface area contributed by atoms with Crippen LogP contribution in [-0.4, -0.2) is 10.3 Å². The molecule has 0 radical (unpaired) electrons. The molecule has 0 aliphatic heterocycles. The van der Waals surface area contributed by atoms with Gasteiger partial charge in [0.25, 0.3) is 0 Å². The van der Waals surface area contributed by atoms with Crippen LogP contribution in [0.2, 0.25) is 0 Å². The lowest BCUT2D eigenvalue weighted by atomic mass is 9.74. The molecule has 1 aromatic rings. The van der Waals surface area contributed by atoms with Gasteiger partial charge in [0, 0.05) is 0 Å². The van der Waals surface area contributed by atoms with Gasteiger partial charge in [-0.15, -0.1) is 0 Å². The van der Waals surface area contributed by atoms with Crippen LogP contribution in [0.25, 0.3) is 0 Å². The van der Waals surface area contributed by atoms with Crippen LogP contribution in [0, 0.1) is 0 Å². The van der Waals surface area contributed by atoms with E-state index >= 15 is 0 Å². The Hall–Kier alpha value is -1.02. The van der Waals surface area contributed by atoms with Crippen LogP contribution < -0.4 is 0 Å². The zero-order chi connectivity index (χ0) is 16.8. The molecule has 118 valence electrons. The molecule has 2 nitrogen and oxygen atoms in total. The van der Waals surface area contributed by atoms with Gasteiger partial charge >= 0.3 is 0 Å². The van der Waals surface area contributed by atoms with E-state index in [-0.39, 0.29) is 10.8 Å². The van der Waals surface area contributed by atoms with Gasteiger partial charge in [0.1, 0.15) is 5.75 Å². The van der Waals surface area contributed by atoms with E-state index in [0.29, 0.717) is 5.75 Å². The summed E-state index contributed by atoms with van der Waals surface area (Å²) >= 11 is 5.78.